The van der Waals surface area contributed by atoms with Crippen molar-refractivity contribution in [1.82, 2.24) is 10.3 Å². The van der Waals surface area contributed by atoms with E-state index in [2.05, 4.69) is 41.2 Å². The van der Waals surface area contributed by atoms with Crippen molar-refractivity contribution in [2.45, 2.75) is 45.8 Å². The second kappa shape index (κ2) is 7.04. The van der Waals surface area contributed by atoms with Gasteiger partial charge in [-0.25, -0.2) is 0 Å². The molecule has 4 heteroatoms. The molecule has 1 aliphatic heterocycles. The standard InChI is InChI=1S/C16H27N3O/c1-4-17-12(2)16-6-5-15(11-18-16)19-9-7-14(8-10-19)13(3)20/h5-6,11-14,17,20H,4,7-10H2,1-3H3. The first-order valence-corrected chi connectivity index (χ1v) is 7.74. The smallest absolute Gasteiger partial charge is 0.0572 e. The van der Waals surface area contributed by atoms with Gasteiger partial charge in [0, 0.05) is 19.1 Å². The molecular weight excluding hydrogens is 250 g/mol. The summed E-state index contributed by atoms with van der Waals surface area (Å²) < 4.78 is 0. The van der Waals surface area contributed by atoms with Gasteiger partial charge in [0.05, 0.1) is 23.7 Å². The van der Waals surface area contributed by atoms with E-state index < -0.39 is 0 Å². The van der Waals surface area contributed by atoms with Gasteiger partial charge in [-0.2, -0.15) is 0 Å². The van der Waals surface area contributed by atoms with Crippen LogP contribution >= 0.6 is 0 Å². The number of aliphatic hydroxyl groups is 1. The topological polar surface area (TPSA) is 48.4 Å². The van der Waals surface area contributed by atoms with Crippen molar-refractivity contribution in [3.8, 4) is 0 Å². The largest absolute Gasteiger partial charge is 0.393 e. The van der Waals surface area contributed by atoms with Gasteiger partial charge in [-0.3, -0.25) is 4.98 Å². The Morgan fingerprint density at radius 1 is 1.35 bits per heavy atom. The molecule has 1 aromatic heterocycles. The van der Waals surface area contributed by atoms with Gasteiger partial charge in [-0.15, -0.1) is 0 Å². The summed E-state index contributed by atoms with van der Waals surface area (Å²) in [6, 6.07) is 4.58. The molecule has 2 N–H and O–H groups in total. The number of nitrogens with zero attached hydrogens (tertiary/aromatic N) is 2. The number of piperidine rings is 1. The zero-order valence-electron chi connectivity index (χ0n) is 12.8. The van der Waals surface area contributed by atoms with Crippen LogP contribution in [0.15, 0.2) is 18.3 Å². The number of pyridine rings is 1. The highest BCUT2D eigenvalue weighted by Crippen LogP contribution is 2.25. The van der Waals surface area contributed by atoms with E-state index in [1.807, 2.05) is 13.1 Å². The molecule has 0 aromatic carbocycles. The molecule has 0 bridgehead atoms. The molecule has 1 saturated heterocycles. The normalized spacial score (nSPS) is 19.9. The minimum atomic E-state index is -0.182. The van der Waals surface area contributed by atoms with Crippen LogP contribution in [0.4, 0.5) is 5.69 Å². The van der Waals surface area contributed by atoms with Crippen LogP contribution < -0.4 is 10.2 Å². The summed E-state index contributed by atoms with van der Waals surface area (Å²) in [4.78, 5) is 6.94. The van der Waals surface area contributed by atoms with Crippen LogP contribution in [0, 0.1) is 5.92 Å². The maximum absolute atomic E-state index is 9.64. The molecule has 1 aliphatic rings. The Hall–Kier alpha value is -1.13. The van der Waals surface area contributed by atoms with Crippen LogP contribution in [0.3, 0.4) is 0 Å². The zero-order valence-corrected chi connectivity index (χ0v) is 12.8. The number of nitrogens with one attached hydrogen (secondary N) is 1. The first-order chi connectivity index (χ1) is 9.61. The van der Waals surface area contributed by atoms with Crippen molar-refractivity contribution in [3.05, 3.63) is 24.0 Å². The minimum Gasteiger partial charge on any atom is -0.393 e. The molecule has 0 aliphatic carbocycles. The molecular formula is C16H27N3O. The third-order valence-electron chi connectivity index (χ3n) is 4.31. The van der Waals surface area contributed by atoms with Gasteiger partial charge in [0.2, 0.25) is 0 Å². The fourth-order valence-corrected chi connectivity index (χ4v) is 2.89. The summed E-state index contributed by atoms with van der Waals surface area (Å²) in [5.41, 5.74) is 2.29. The molecule has 0 radical (unpaired) electrons. The molecule has 0 spiro atoms. The van der Waals surface area contributed by atoms with Crippen molar-refractivity contribution in [3.63, 3.8) is 0 Å². The number of anilines is 1. The zero-order chi connectivity index (χ0) is 14.5. The van der Waals surface area contributed by atoms with Gasteiger partial charge in [-0.05, 0) is 51.3 Å². The van der Waals surface area contributed by atoms with E-state index in [4.69, 9.17) is 0 Å². The molecule has 2 unspecified atom stereocenters. The van der Waals surface area contributed by atoms with Crippen LogP contribution in [0.25, 0.3) is 0 Å². The van der Waals surface area contributed by atoms with E-state index in [0.29, 0.717) is 12.0 Å². The minimum absolute atomic E-state index is 0.182. The van der Waals surface area contributed by atoms with Crippen LogP contribution in [-0.4, -0.2) is 35.8 Å². The van der Waals surface area contributed by atoms with Gasteiger partial charge in [0.1, 0.15) is 0 Å². The van der Waals surface area contributed by atoms with E-state index in [1.165, 1.54) is 5.69 Å². The highest BCUT2D eigenvalue weighted by Gasteiger charge is 2.22. The highest BCUT2D eigenvalue weighted by atomic mass is 16.3. The number of aliphatic hydroxyl groups excluding tert-OH is 1. The van der Waals surface area contributed by atoms with Crippen LogP contribution in [0.2, 0.25) is 0 Å². The predicted octanol–water partition coefficient (Wildman–Crippen LogP) is 2.35. The summed E-state index contributed by atoms with van der Waals surface area (Å²) in [5, 5.41) is 13.0. The van der Waals surface area contributed by atoms with E-state index in [1.54, 1.807) is 0 Å². The third kappa shape index (κ3) is 3.70. The Balaban J connectivity index is 1.94. The number of aromatic nitrogens is 1. The first kappa shape index (κ1) is 15.3. The van der Waals surface area contributed by atoms with Crippen LogP contribution in [0.5, 0.6) is 0 Å². The Labute approximate surface area is 122 Å². The van der Waals surface area contributed by atoms with Gasteiger partial charge in [0.15, 0.2) is 0 Å². The second-order valence-corrected chi connectivity index (χ2v) is 5.79. The Morgan fingerprint density at radius 3 is 2.55 bits per heavy atom. The summed E-state index contributed by atoms with van der Waals surface area (Å²) in [7, 11) is 0. The second-order valence-electron chi connectivity index (χ2n) is 5.79. The lowest BCUT2D eigenvalue weighted by Gasteiger charge is -2.34. The lowest BCUT2D eigenvalue weighted by molar-refractivity contribution is 0.110. The summed E-state index contributed by atoms with van der Waals surface area (Å²) in [5.74, 6) is 0.451. The van der Waals surface area contributed by atoms with Crippen molar-refractivity contribution in [2.24, 2.45) is 5.92 Å². The molecule has 1 fully saturated rings. The lowest BCUT2D eigenvalue weighted by Crippen LogP contribution is -2.37. The summed E-state index contributed by atoms with van der Waals surface area (Å²) >= 11 is 0. The Kier molecular flexibility index (Phi) is 5.38. The number of rotatable bonds is 5. The van der Waals surface area contributed by atoms with Crippen molar-refractivity contribution < 1.29 is 5.11 Å². The molecule has 2 rings (SSSR count). The molecule has 0 amide bonds. The van der Waals surface area contributed by atoms with E-state index in [9.17, 15) is 5.11 Å². The number of hydrogen-bond donors (Lipinski definition) is 2. The van der Waals surface area contributed by atoms with Gasteiger partial charge >= 0.3 is 0 Å². The molecule has 2 heterocycles. The van der Waals surface area contributed by atoms with E-state index >= 15 is 0 Å². The Morgan fingerprint density at radius 2 is 2.05 bits per heavy atom. The van der Waals surface area contributed by atoms with Crippen molar-refractivity contribution in [2.75, 3.05) is 24.5 Å². The SMILES string of the molecule is CCNC(C)c1ccc(N2CCC(C(C)O)CC2)cn1. The molecule has 0 saturated carbocycles. The maximum atomic E-state index is 9.64. The molecule has 4 nitrogen and oxygen atoms in total. The average molecular weight is 277 g/mol. The van der Waals surface area contributed by atoms with E-state index in [-0.39, 0.29) is 6.10 Å². The van der Waals surface area contributed by atoms with Gasteiger partial charge < -0.3 is 15.3 Å². The Bertz CT molecular complexity index is 397. The molecule has 1 aromatic rings. The quantitative estimate of drug-likeness (QED) is 0.867. The summed E-state index contributed by atoms with van der Waals surface area (Å²) in [6.07, 6.45) is 3.92. The molecule has 20 heavy (non-hydrogen) atoms. The average Bonchev–Trinajstić information content (AvgIpc) is 2.48. The van der Waals surface area contributed by atoms with E-state index in [0.717, 1.165) is 38.2 Å². The highest BCUT2D eigenvalue weighted by molar-refractivity contribution is 5.45. The lowest BCUT2D eigenvalue weighted by atomic mass is 9.92. The first-order valence-electron chi connectivity index (χ1n) is 7.74. The fourth-order valence-electron chi connectivity index (χ4n) is 2.89. The molecule has 2 atom stereocenters. The predicted molar refractivity (Wildman–Crippen MR) is 82.9 cm³/mol. The maximum Gasteiger partial charge on any atom is 0.0572 e. The number of hydrogen-bond acceptors (Lipinski definition) is 4. The van der Waals surface area contributed by atoms with Crippen LogP contribution in [-0.2, 0) is 0 Å². The van der Waals surface area contributed by atoms with Gasteiger partial charge in [0.25, 0.3) is 0 Å². The third-order valence-corrected chi connectivity index (χ3v) is 4.31. The van der Waals surface area contributed by atoms with Crippen molar-refractivity contribution in [1.29, 1.82) is 0 Å². The monoisotopic (exact) mass is 277 g/mol. The fraction of sp³-hybridized carbons (Fsp3) is 0.688. The summed E-state index contributed by atoms with van der Waals surface area (Å²) in [6.45, 7) is 9.13. The van der Waals surface area contributed by atoms with Crippen molar-refractivity contribution >= 4 is 5.69 Å². The van der Waals surface area contributed by atoms with Crippen LogP contribution in [0.1, 0.15) is 45.3 Å². The van der Waals surface area contributed by atoms with Gasteiger partial charge in [-0.1, -0.05) is 6.92 Å². The molecule has 112 valence electrons.